The highest BCUT2D eigenvalue weighted by Gasteiger charge is 2.12. The van der Waals surface area contributed by atoms with Crippen LogP contribution in [0.25, 0.3) is 27.8 Å². The fourth-order valence-corrected chi connectivity index (χ4v) is 2.92. The quantitative estimate of drug-likeness (QED) is 0.492. The molecule has 2 aromatic carbocycles. The maximum atomic E-state index is 12.3. The zero-order chi connectivity index (χ0) is 15.8. The molecule has 0 unspecified atom stereocenters. The normalized spacial score (nSPS) is 11.0. The van der Waals surface area contributed by atoms with Gasteiger partial charge >= 0.3 is 5.63 Å². The average Bonchev–Trinajstić information content (AvgIpc) is 3.09. The lowest BCUT2D eigenvalue weighted by Crippen LogP contribution is -2.03. The van der Waals surface area contributed by atoms with Gasteiger partial charge in [0.25, 0.3) is 0 Å². The van der Waals surface area contributed by atoms with E-state index in [9.17, 15) is 4.79 Å². The second-order valence-corrected chi connectivity index (χ2v) is 5.65. The zero-order valence-electron chi connectivity index (χ0n) is 12.1. The molecule has 0 aliphatic carbocycles. The Kier molecular flexibility index (Phi) is 3.28. The van der Waals surface area contributed by atoms with E-state index in [1.807, 2.05) is 71.6 Å². The minimum Gasteiger partial charge on any atom is -0.422 e. The Morgan fingerprint density at radius 2 is 1.65 bits per heavy atom. The first-order chi connectivity index (χ1) is 11.2. The van der Waals surface area contributed by atoms with Crippen LogP contribution in [0.1, 0.15) is 0 Å². The fourth-order valence-electron chi connectivity index (χ4n) is 2.64. The number of aromatic nitrogens is 1. The lowest BCUT2D eigenvalue weighted by Gasteiger charge is -2.08. The van der Waals surface area contributed by atoms with Crippen LogP contribution in [0, 0.1) is 0 Å². The number of halogens is 1. The largest absolute Gasteiger partial charge is 0.422 e. The lowest BCUT2D eigenvalue weighted by molar-refractivity contribution is 0.563. The van der Waals surface area contributed by atoms with Crippen LogP contribution in [0.3, 0.4) is 0 Å². The van der Waals surface area contributed by atoms with Crippen LogP contribution in [0.5, 0.6) is 0 Å². The van der Waals surface area contributed by atoms with Gasteiger partial charge in [-0.05, 0) is 36.4 Å². The Balaban J connectivity index is 1.88. The Labute approximate surface area is 137 Å². The average molecular weight is 322 g/mol. The summed E-state index contributed by atoms with van der Waals surface area (Å²) in [6.45, 7) is 0. The molecule has 23 heavy (non-hydrogen) atoms. The number of benzene rings is 2. The predicted octanol–water partition coefficient (Wildman–Crippen LogP) is 4.90. The van der Waals surface area contributed by atoms with E-state index in [1.165, 1.54) is 0 Å². The summed E-state index contributed by atoms with van der Waals surface area (Å²) in [5, 5.41) is 1.38. The van der Waals surface area contributed by atoms with Crippen LogP contribution in [0.15, 0.2) is 82.3 Å². The van der Waals surface area contributed by atoms with Crippen LogP contribution < -0.4 is 5.63 Å². The summed E-state index contributed by atoms with van der Waals surface area (Å²) in [6, 6.07) is 18.7. The summed E-state index contributed by atoms with van der Waals surface area (Å²) < 4.78 is 7.34. The van der Waals surface area contributed by atoms with Gasteiger partial charge in [0.15, 0.2) is 0 Å². The van der Waals surface area contributed by atoms with Gasteiger partial charge in [-0.1, -0.05) is 35.9 Å². The molecule has 0 saturated carbocycles. The number of fused-ring (bicyclic) bond motifs is 1. The molecule has 0 aliphatic rings. The van der Waals surface area contributed by atoms with Gasteiger partial charge in [0.05, 0.1) is 10.6 Å². The van der Waals surface area contributed by atoms with Gasteiger partial charge in [0.2, 0.25) is 0 Å². The molecule has 2 heterocycles. The number of hydrogen-bond donors (Lipinski definition) is 0. The molecule has 4 rings (SSSR count). The lowest BCUT2D eigenvalue weighted by atomic mass is 10.1. The minimum atomic E-state index is -0.390. The summed E-state index contributed by atoms with van der Waals surface area (Å²) >= 11 is 6.41. The molecule has 0 saturated heterocycles. The van der Waals surface area contributed by atoms with E-state index in [1.54, 1.807) is 6.07 Å². The van der Waals surface area contributed by atoms with Gasteiger partial charge in [-0.15, -0.1) is 0 Å². The van der Waals surface area contributed by atoms with Gasteiger partial charge in [0.1, 0.15) is 5.58 Å². The Morgan fingerprint density at radius 1 is 0.870 bits per heavy atom. The third-order valence-corrected chi connectivity index (χ3v) is 4.10. The van der Waals surface area contributed by atoms with Crippen molar-refractivity contribution in [3.8, 4) is 16.8 Å². The second kappa shape index (κ2) is 5.45. The summed E-state index contributed by atoms with van der Waals surface area (Å²) in [7, 11) is 0. The van der Waals surface area contributed by atoms with Crippen molar-refractivity contribution in [2.75, 3.05) is 0 Å². The molecule has 4 heteroatoms. The van der Waals surface area contributed by atoms with E-state index in [0.717, 1.165) is 11.1 Å². The van der Waals surface area contributed by atoms with Gasteiger partial charge in [0, 0.05) is 29.0 Å². The molecular weight excluding hydrogens is 310 g/mol. The number of nitrogens with zero attached hydrogens (tertiary/aromatic N) is 1. The molecule has 0 amide bonds. The van der Waals surface area contributed by atoms with Crippen molar-refractivity contribution in [2.24, 2.45) is 0 Å². The highest BCUT2D eigenvalue weighted by Crippen LogP contribution is 2.29. The van der Waals surface area contributed by atoms with Gasteiger partial charge in [-0.25, -0.2) is 4.79 Å². The van der Waals surface area contributed by atoms with E-state index in [-0.39, 0.29) is 5.63 Å². The third kappa shape index (κ3) is 2.45. The maximum absolute atomic E-state index is 12.3. The molecule has 3 nitrogen and oxygen atoms in total. The van der Waals surface area contributed by atoms with E-state index >= 15 is 0 Å². The highest BCUT2D eigenvalue weighted by atomic mass is 35.5. The Morgan fingerprint density at radius 3 is 2.43 bits per heavy atom. The van der Waals surface area contributed by atoms with Gasteiger partial charge < -0.3 is 8.98 Å². The molecule has 4 aromatic rings. The molecule has 0 aliphatic heterocycles. The molecule has 0 bridgehead atoms. The van der Waals surface area contributed by atoms with Gasteiger partial charge in [-0.2, -0.15) is 0 Å². The van der Waals surface area contributed by atoms with Crippen molar-refractivity contribution in [1.82, 2.24) is 4.57 Å². The maximum Gasteiger partial charge on any atom is 0.344 e. The topological polar surface area (TPSA) is 35.1 Å². The van der Waals surface area contributed by atoms with Crippen LogP contribution in [0.4, 0.5) is 0 Å². The molecule has 0 fully saturated rings. The molecule has 0 spiro atoms. The Bertz CT molecular complexity index is 1050. The first kappa shape index (κ1) is 13.9. The van der Waals surface area contributed by atoms with Crippen molar-refractivity contribution in [3.63, 3.8) is 0 Å². The molecule has 0 N–H and O–H groups in total. The standard InChI is InChI=1S/C19H12ClNO2/c20-17-12-14(21-9-3-4-10-21)7-8-15(17)16-11-13-5-1-2-6-18(13)23-19(16)22/h1-12H. The molecular formula is C19H12ClNO2. The van der Waals surface area contributed by atoms with Crippen molar-refractivity contribution < 1.29 is 4.42 Å². The molecule has 112 valence electrons. The van der Waals surface area contributed by atoms with Crippen molar-refractivity contribution >= 4 is 22.6 Å². The van der Waals surface area contributed by atoms with E-state index in [0.29, 0.717) is 21.7 Å². The summed E-state index contributed by atoms with van der Waals surface area (Å²) in [5.74, 6) is 0. The highest BCUT2D eigenvalue weighted by molar-refractivity contribution is 6.33. The van der Waals surface area contributed by atoms with Crippen LogP contribution in [-0.4, -0.2) is 4.57 Å². The SMILES string of the molecule is O=c1oc2ccccc2cc1-c1ccc(-n2cccc2)cc1Cl. The van der Waals surface area contributed by atoms with Crippen LogP contribution >= 0.6 is 11.6 Å². The number of hydrogen-bond acceptors (Lipinski definition) is 2. The molecule has 2 aromatic heterocycles. The monoisotopic (exact) mass is 321 g/mol. The zero-order valence-corrected chi connectivity index (χ0v) is 12.8. The molecule has 0 atom stereocenters. The van der Waals surface area contributed by atoms with Gasteiger partial charge in [-0.3, -0.25) is 0 Å². The van der Waals surface area contributed by atoms with Crippen molar-refractivity contribution in [2.45, 2.75) is 0 Å². The number of rotatable bonds is 2. The third-order valence-electron chi connectivity index (χ3n) is 3.79. The van der Waals surface area contributed by atoms with E-state index in [2.05, 4.69) is 0 Å². The first-order valence-corrected chi connectivity index (χ1v) is 7.56. The Hall–Kier alpha value is -2.78. The van der Waals surface area contributed by atoms with E-state index < -0.39 is 0 Å². The van der Waals surface area contributed by atoms with Crippen molar-refractivity contribution in [3.05, 3.63) is 88.5 Å². The van der Waals surface area contributed by atoms with Crippen LogP contribution in [0.2, 0.25) is 5.02 Å². The fraction of sp³-hybridized carbons (Fsp3) is 0. The summed E-state index contributed by atoms with van der Waals surface area (Å²) in [6.07, 6.45) is 3.88. The predicted molar refractivity (Wildman–Crippen MR) is 92.3 cm³/mol. The van der Waals surface area contributed by atoms with Crippen molar-refractivity contribution in [1.29, 1.82) is 0 Å². The van der Waals surface area contributed by atoms with Crippen LogP contribution in [-0.2, 0) is 0 Å². The molecule has 0 radical (unpaired) electrons. The summed E-state index contributed by atoms with van der Waals surface area (Å²) in [5.41, 5.74) is 2.25. The first-order valence-electron chi connectivity index (χ1n) is 7.18. The smallest absolute Gasteiger partial charge is 0.344 e. The minimum absolute atomic E-state index is 0.390. The summed E-state index contributed by atoms with van der Waals surface area (Å²) in [4.78, 5) is 12.3. The second-order valence-electron chi connectivity index (χ2n) is 5.24. The van der Waals surface area contributed by atoms with E-state index in [4.69, 9.17) is 16.0 Å². The number of para-hydroxylation sites is 1.